The van der Waals surface area contributed by atoms with Crippen LogP contribution in [-0.4, -0.2) is 15.5 Å². The van der Waals surface area contributed by atoms with Crippen molar-refractivity contribution in [1.82, 2.24) is 4.72 Å². The van der Waals surface area contributed by atoms with Crippen LogP contribution in [0.5, 0.6) is 5.75 Å². The Morgan fingerprint density at radius 3 is 2.12 bits per heavy atom. The second-order valence-corrected chi connectivity index (χ2v) is 8.88. The molecule has 4 nitrogen and oxygen atoms in total. The average molecular weight is 376 g/mol. The van der Waals surface area contributed by atoms with E-state index >= 15 is 0 Å². The summed E-state index contributed by atoms with van der Waals surface area (Å²) in [6.07, 6.45) is 0. The normalized spacial score (nSPS) is 13.1. The van der Waals surface area contributed by atoms with E-state index in [9.17, 15) is 8.42 Å². The number of hydrogen-bond donors (Lipinski definition) is 1. The minimum atomic E-state index is -3.72. The number of methoxy groups -OCH3 is 1. The van der Waals surface area contributed by atoms with E-state index in [4.69, 9.17) is 4.74 Å². The highest BCUT2D eigenvalue weighted by Gasteiger charge is 2.24. The van der Waals surface area contributed by atoms with Crippen molar-refractivity contribution < 1.29 is 13.2 Å². The third-order valence-corrected chi connectivity index (χ3v) is 6.39. The molecule has 1 unspecified atom stereocenters. The van der Waals surface area contributed by atoms with Crippen molar-refractivity contribution in [2.24, 2.45) is 0 Å². The third-order valence-electron chi connectivity index (χ3n) is 4.82. The van der Waals surface area contributed by atoms with Crippen molar-refractivity contribution in [2.75, 3.05) is 7.11 Å². The molecule has 2 aromatic rings. The second-order valence-electron chi connectivity index (χ2n) is 7.20. The monoisotopic (exact) mass is 375 g/mol. The first-order valence-electron chi connectivity index (χ1n) is 8.84. The molecule has 0 amide bonds. The SMILES string of the molecule is COc1ccc(C(C)C)cc1S(=O)(=O)NC(C)c1cc(C)c(C)cc1C. The largest absolute Gasteiger partial charge is 0.495 e. The van der Waals surface area contributed by atoms with Gasteiger partial charge in [0.1, 0.15) is 10.6 Å². The van der Waals surface area contributed by atoms with E-state index in [1.165, 1.54) is 12.7 Å². The lowest BCUT2D eigenvalue weighted by Crippen LogP contribution is -2.28. The average Bonchev–Trinajstić information content (AvgIpc) is 2.56. The fourth-order valence-electron chi connectivity index (χ4n) is 3.07. The first-order valence-corrected chi connectivity index (χ1v) is 10.3. The van der Waals surface area contributed by atoms with Crippen LogP contribution < -0.4 is 9.46 Å². The molecule has 0 aliphatic rings. The van der Waals surface area contributed by atoms with Gasteiger partial charge < -0.3 is 4.74 Å². The summed E-state index contributed by atoms with van der Waals surface area (Å²) in [6, 6.07) is 9.13. The van der Waals surface area contributed by atoms with Crippen LogP contribution in [-0.2, 0) is 10.0 Å². The summed E-state index contributed by atoms with van der Waals surface area (Å²) in [7, 11) is -2.23. The van der Waals surface area contributed by atoms with Crippen LogP contribution in [0, 0.1) is 20.8 Å². The molecule has 0 spiro atoms. The zero-order valence-electron chi connectivity index (χ0n) is 16.7. The second kappa shape index (κ2) is 7.80. The lowest BCUT2D eigenvalue weighted by Gasteiger charge is -2.20. The first-order chi connectivity index (χ1) is 12.1. The van der Waals surface area contributed by atoms with E-state index in [0.29, 0.717) is 5.75 Å². The first kappa shape index (κ1) is 20.5. The number of ether oxygens (including phenoxy) is 1. The molecule has 142 valence electrons. The van der Waals surface area contributed by atoms with E-state index in [2.05, 4.69) is 23.8 Å². The molecule has 0 saturated heterocycles. The van der Waals surface area contributed by atoms with Crippen molar-refractivity contribution in [1.29, 1.82) is 0 Å². The Morgan fingerprint density at radius 1 is 0.923 bits per heavy atom. The van der Waals surface area contributed by atoms with Gasteiger partial charge in [0.25, 0.3) is 0 Å². The van der Waals surface area contributed by atoms with Crippen LogP contribution in [0.15, 0.2) is 35.2 Å². The van der Waals surface area contributed by atoms with Gasteiger partial charge in [0.15, 0.2) is 0 Å². The maximum absolute atomic E-state index is 13.0. The summed E-state index contributed by atoms with van der Waals surface area (Å²) in [4.78, 5) is 0.180. The van der Waals surface area contributed by atoms with E-state index in [1.54, 1.807) is 12.1 Å². The molecule has 1 atom stereocenters. The minimum absolute atomic E-state index is 0.180. The summed E-state index contributed by atoms with van der Waals surface area (Å²) in [5.74, 6) is 0.584. The third kappa shape index (κ3) is 4.27. The predicted octanol–water partition coefficient (Wildman–Crippen LogP) is 4.78. The number of hydrogen-bond acceptors (Lipinski definition) is 3. The Hall–Kier alpha value is -1.85. The van der Waals surface area contributed by atoms with E-state index in [-0.39, 0.29) is 16.9 Å². The smallest absolute Gasteiger partial charge is 0.244 e. The van der Waals surface area contributed by atoms with E-state index < -0.39 is 10.0 Å². The van der Waals surface area contributed by atoms with Crippen molar-refractivity contribution in [3.8, 4) is 5.75 Å². The highest BCUT2D eigenvalue weighted by molar-refractivity contribution is 7.89. The number of sulfonamides is 1. The van der Waals surface area contributed by atoms with Gasteiger partial charge in [-0.2, -0.15) is 0 Å². The molecule has 26 heavy (non-hydrogen) atoms. The number of benzene rings is 2. The Labute approximate surface area is 157 Å². The van der Waals surface area contributed by atoms with Gasteiger partial charge in [-0.25, -0.2) is 13.1 Å². The molecule has 0 aliphatic heterocycles. The quantitative estimate of drug-likeness (QED) is 0.790. The molecular weight excluding hydrogens is 346 g/mol. The van der Waals surface area contributed by atoms with Crippen molar-refractivity contribution in [2.45, 2.75) is 58.4 Å². The van der Waals surface area contributed by atoms with E-state index in [1.807, 2.05) is 40.7 Å². The summed E-state index contributed by atoms with van der Waals surface area (Å²) < 4.78 is 34.2. The summed E-state index contributed by atoms with van der Waals surface area (Å²) in [6.45, 7) is 12.0. The molecule has 2 rings (SSSR count). The lowest BCUT2D eigenvalue weighted by molar-refractivity contribution is 0.401. The Bertz CT molecular complexity index is 902. The molecule has 0 fully saturated rings. The Kier molecular flexibility index (Phi) is 6.14. The molecule has 2 aromatic carbocycles. The number of aryl methyl sites for hydroxylation is 3. The van der Waals surface area contributed by atoms with Gasteiger partial charge in [0, 0.05) is 6.04 Å². The molecule has 0 bridgehead atoms. The zero-order chi connectivity index (χ0) is 19.6. The van der Waals surface area contributed by atoms with Gasteiger partial charge in [-0.1, -0.05) is 32.0 Å². The van der Waals surface area contributed by atoms with Crippen molar-refractivity contribution in [3.05, 3.63) is 58.1 Å². The van der Waals surface area contributed by atoms with Crippen LogP contribution in [0.3, 0.4) is 0 Å². The van der Waals surface area contributed by atoms with Gasteiger partial charge in [-0.05, 0) is 73.6 Å². The van der Waals surface area contributed by atoms with Crippen LogP contribution in [0.25, 0.3) is 0 Å². The summed E-state index contributed by atoms with van der Waals surface area (Å²) in [5.41, 5.74) is 5.37. The van der Waals surface area contributed by atoms with Crippen LogP contribution in [0.1, 0.15) is 60.5 Å². The van der Waals surface area contributed by atoms with Gasteiger partial charge in [-0.3, -0.25) is 0 Å². The zero-order valence-corrected chi connectivity index (χ0v) is 17.5. The summed E-state index contributed by atoms with van der Waals surface area (Å²) in [5, 5.41) is 0. The standard InChI is InChI=1S/C21H29NO3S/c1-13(2)18-8-9-20(25-7)21(12-18)26(23,24)22-17(6)19-11-15(4)14(3)10-16(19)5/h8-13,17,22H,1-7H3. The molecule has 0 aromatic heterocycles. The molecular formula is C21H29NO3S. The van der Waals surface area contributed by atoms with Crippen molar-refractivity contribution >= 4 is 10.0 Å². The molecule has 0 radical (unpaired) electrons. The highest BCUT2D eigenvalue weighted by Crippen LogP contribution is 2.30. The Morgan fingerprint density at radius 2 is 1.54 bits per heavy atom. The van der Waals surface area contributed by atoms with Gasteiger partial charge in [0.05, 0.1) is 7.11 Å². The number of nitrogens with one attached hydrogen (secondary N) is 1. The van der Waals surface area contributed by atoms with Crippen LogP contribution >= 0.6 is 0 Å². The number of rotatable bonds is 6. The van der Waals surface area contributed by atoms with Crippen molar-refractivity contribution in [3.63, 3.8) is 0 Å². The molecule has 0 heterocycles. The Balaban J connectivity index is 2.43. The highest BCUT2D eigenvalue weighted by atomic mass is 32.2. The summed E-state index contributed by atoms with van der Waals surface area (Å²) >= 11 is 0. The van der Waals surface area contributed by atoms with Gasteiger partial charge >= 0.3 is 0 Å². The fraction of sp³-hybridized carbons (Fsp3) is 0.429. The topological polar surface area (TPSA) is 55.4 Å². The van der Waals surface area contributed by atoms with Gasteiger partial charge in [-0.15, -0.1) is 0 Å². The maximum atomic E-state index is 13.0. The van der Waals surface area contributed by atoms with E-state index in [0.717, 1.165) is 22.3 Å². The maximum Gasteiger partial charge on any atom is 0.244 e. The van der Waals surface area contributed by atoms with Gasteiger partial charge in [0.2, 0.25) is 10.0 Å². The minimum Gasteiger partial charge on any atom is -0.495 e. The predicted molar refractivity (Wildman–Crippen MR) is 106 cm³/mol. The van der Waals surface area contributed by atoms with Crippen LogP contribution in [0.2, 0.25) is 0 Å². The molecule has 0 aliphatic carbocycles. The van der Waals surface area contributed by atoms with Crippen LogP contribution in [0.4, 0.5) is 0 Å². The molecule has 1 N–H and O–H groups in total. The fourth-order valence-corrected chi connectivity index (χ4v) is 4.50. The lowest BCUT2D eigenvalue weighted by atomic mass is 9.97. The molecule has 5 heteroatoms. The molecule has 0 saturated carbocycles.